The average molecular weight is 305 g/mol. The molecule has 1 N–H and O–H groups in total. The van der Waals surface area contributed by atoms with E-state index < -0.39 is 5.97 Å². The standard InChI is InChI=1S/C15H15NO2S2/c1-10(2)7-19-8-11-3-5-12(6-4-11)14-16-13(9-20-14)15(17)18/h3-6,9H,1,7-8H2,2H3,(H,17,18). The fourth-order valence-electron chi connectivity index (χ4n) is 1.59. The summed E-state index contributed by atoms with van der Waals surface area (Å²) >= 11 is 3.18. The van der Waals surface area contributed by atoms with E-state index in [1.54, 1.807) is 5.38 Å². The molecule has 0 aliphatic heterocycles. The van der Waals surface area contributed by atoms with Gasteiger partial charge in [-0.3, -0.25) is 0 Å². The number of benzene rings is 1. The van der Waals surface area contributed by atoms with E-state index in [0.29, 0.717) is 0 Å². The second-order valence-corrected chi connectivity index (χ2v) is 6.33. The zero-order valence-electron chi connectivity index (χ0n) is 11.1. The minimum absolute atomic E-state index is 0.103. The van der Waals surface area contributed by atoms with Crippen molar-refractivity contribution >= 4 is 29.1 Å². The van der Waals surface area contributed by atoms with Gasteiger partial charge in [-0.2, -0.15) is 11.8 Å². The van der Waals surface area contributed by atoms with Gasteiger partial charge in [-0.25, -0.2) is 9.78 Å². The Morgan fingerprint density at radius 3 is 2.65 bits per heavy atom. The van der Waals surface area contributed by atoms with Gasteiger partial charge in [0.2, 0.25) is 0 Å². The lowest BCUT2D eigenvalue weighted by atomic mass is 10.2. The van der Waals surface area contributed by atoms with Crippen LogP contribution in [0, 0.1) is 0 Å². The van der Waals surface area contributed by atoms with Gasteiger partial charge in [0.15, 0.2) is 5.69 Å². The Kier molecular flexibility index (Phi) is 4.98. The van der Waals surface area contributed by atoms with Crippen molar-refractivity contribution in [1.29, 1.82) is 0 Å². The summed E-state index contributed by atoms with van der Waals surface area (Å²) in [5.41, 5.74) is 3.48. The third-order valence-electron chi connectivity index (χ3n) is 2.54. The van der Waals surface area contributed by atoms with E-state index in [9.17, 15) is 4.79 Å². The van der Waals surface area contributed by atoms with Crippen molar-refractivity contribution in [2.45, 2.75) is 12.7 Å². The van der Waals surface area contributed by atoms with E-state index in [2.05, 4.69) is 23.7 Å². The Morgan fingerprint density at radius 1 is 1.40 bits per heavy atom. The topological polar surface area (TPSA) is 50.2 Å². The van der Waals surface area contributed by atoms with E-state index in [4.69, 9.17) is 5.11 Å². The number of hydrogen-bond acceptors (Lipinski definition) is 4. The van der Waals surface area contributed by atoms with Gasteiger partial charge in [-0.1, -0.05) is 36.4 Å². The molecule has 0 saturated carbocycles. The number of rotatable bonds is 6. The van der Waals surface area contributed by atoms with E-state index in [-0.39, 0.29) is 5.69 Å². The SMILES string of the molecule is C=C(C)CSCc1ccc(-c2nc(C(=O)O)cs2)cc1. The van der Waals surface area contributed by atoms with Crippen molar-refractivity contribution in [2.75, 3.05) is 5.75 Å². The minimum atomic E-state index is -0.986. The maximum absolute atomic E-state index is 10.8. The summed E-state index contributed by atoms with van der Waals surface area (Å²) in [6.07, 6.45) is 0. The second-order valence-electron chi connectivity index (χ2n) is 4.49. The Balaban J connectivity index is 2.03. The molecular weight excluding hydrogens is 290 g/mol. The van der Waals surface area contributed by atoms with Crippen LogP contribution in [0.4, 0.5) is 0 Å². The third kappa shape index (κ3) is 3.95. The molecular formula is C15H15NO2S2. The lowest BCUT2D eigenvalue weighted by Crippen LogP contribution is -1.95. The summed E-state index contributed by atoms with van der Waals surface area (Å²) < 4.78 is 0. The van der Waals surface area contributed by atoms with E-state index in [0.717, 1.165) is 22.1 Å². The van der Waals surface area contributed by atoms with Crippen molar-refractivity contribution in [2.24, 2.45) is 0 Å². The van der Waals surface area contributed by atoms with Crippen molar-refractivity contribution < 1.29 is 9.90 Å². The fourth-order valence-corrected chi connectivity index (χ4v) is 3.27. The molecule has 0 atom stereocenters. The number of aromatic carboxylic acids is 1. The molecule has 1 heterocycles. The highest BCUT2D eigenvalue weighted by Gasteiger charge is 2.09. The first-order valence-electron chi connectivity index (χ1n) is 6.06. The van der Waals surface area contributed by atoms with Crippen molar-refractivity contribution in [3.05, 3.63) is 53.1 Å². The van der Waals surface area contributed by atoms with E-state index in [1.807, 2.05) is 30.8 Å². The molecule has 0 radical (unpaired) electrons. The van der Waals surface area contributed by atoms with Gasteiger partial charge in [-0.05, 0) is 12.5 Å². The average Bonchev–Trinajstić information content (AvgIpc) is 2.89. The molecule has 0 unspecified atom stereocenters. The number of thioether (sulfide) groups is 1. The summed E-state index contributed by atoms with van der Waals surface area (Å²) in [6.45, 7) is 5.91. The Labute approximate surface area is 126 Å². The van der Waals surface area contributed by atoms with Crippen LogP contribution in [0.15, 0.2) is 41.8 Å². The van der Waals surface area contributed by atoms with Crippen molar-refractivity contribution in [1.82, 2.24) is 4.98 Å². The molecule has 0 bridgehead atoms. The molecule has 2 rings (SSSR count). The van der Waals surface area contributed by atoms with Crippen LogP contribution in [0.2, 0.25) is 0 Å². The van der Waals surface area contributed by atoms with Gasteiger partial charge in [0.1, 0.15) is 5.01 Å². The Morgan fingerprint density at radius 2 is 2.10 bits per heavy atom. The summed E-state index contributed by atoms with van der Waals surface area (Å²) in [5, 5.41) is 11.2. The number of carboxylic acids is 1. The number of carbonyl (C=O) groups is 1. The third-order valence-corrected chi connectivity index (χ3v) is 4.67. The number of thiazole rings is 1. The monoisotopic (exact) mass is 305 g/mol. The van der Waals surface area contributed by atoms with Gasteiger partial charge < -0.3 is 5.11 Å². The molecule has 0 aliphatic rings. The lowest BCUT2D eigenvalue weighted by Gasteiger charge is -2.03. The molecule has 2 aromatic rings. The molecule has 5 heteroatoms. The summed E-state index contributed by atoms with van der Waals surface area (Å²) in [7, 11) is 0. The highest BCUT2D eigenvalue weighted by Crippen LogP contribution is 2.25. The molecule has 1 aromatic heterocycles. The van der Waals surface area contributed by atoms with Crippen LogP contribution >= 0.6 is 23.1 Å². The summed E-state index contributed by atoms with van der Waals surface area (Å²) in [6, 6.07) is 8.09. The first kappa shape index (κ1) is 14.8. The largest absolute Gasteiger partial charge is 0.476 e. The summed E-state index contributed by atoms with van der Waals surface area (Å²) in [4.78, 5) is 14.9. The number of aromatic nitrogens is 1. The first-order valence-corrected chi connectivity index (χ1v) is 8.10. The Hall–Kier alpha value is -1.59. The van der Waals surface area contributed by atoms with Gasteiger partial charge in [0.05, 0.1) is 0 Å². The van der Waals surface area contributed by atoms with Gasteiger partial charge >= 0.3 is 5.97 Å². The Bertz CT molecular complexity index is 617. The molecule has 0 spiro atoms. The van der Waals surface area contributed by atoms with Crippen LogP contribution in [-0.4, -0.2) is 21.8 Å². The van der Waals surface area contributed by atoms with Crippen LogP contribution < -0.4 is 0 Å². The van der Waals surface area contributed by atoms with Crippen molar-refractivity contribution in [3.63, 3.8) is 0 Å². The molecule has 3 nitrogen and oxygen atoms in total. The van der Waals surface area contributed by atoms with Crippen LogP contribution in [-0.2, 0) is 5.75 Å². The van der Waals surface area contributed by atoms with Gasteiger partial charge in [-0.15, -0.1) is 11.3 Å². The van der Waals surface area contributed by atoms with Crippen molar-refractivity contribution in [3.8, 4) is 10.6 Å². The highest BCUT2D eigenvalue weighted by atomic mass is 32.2. The molecule has 20 heavy (non-hydrogen) atoms. The van der Waals surface area contributed by atoms with Crippen LogP contribution in [0.3, 0.4) is 0 Å². The quantitative estimate of drug-likeness (QED) is 0.808. The molecule has 0 amide bonds. The number of carboxylic acid groups (broad SMARTS) is 1. The first-order chi connectivity index (χ1) is 9.56. The smallest absolute Gasteiger partial charge is 0.355 e. The van der Waals surface area contributed by atoms with E-state index in [1.165, 1.54) is 22.5 Å². The maximum atomic E-state index is 10.8. The van der Waals surface area contributed by atoms with Crippen LogP contribution in [0.5, 0.6) is 0 Å². The predicted molar refractivity (Wildman–Crippen MR) is 85.5 cm³/mol. The number of hydrogen-bond donors (Lipinski definition) is 1. The normalized spacial score (nSPS) is 10.4. The second kappa shape index (κ2) is 6.72. The van der Waals surface area contributed by atoms with E-state index >= 15 is 0 Å². The summed E-state index contributed by atoms with van der Waals surface area (Å²) in [5.74, 6) is 0.932. The highest BCUT2D eigenvalue weighted by molar-refractivity contribution is 7.98. The predicted octanol–water partition coefficient (Wildman–Crippen LogP) is 4.32. The molecule has 0 saturated heterocycles. The molecule has 1 aromatic carbocycles. The minimum Gasteiger partial charge on any atom is -0.476 e. The fraction of sp³-hybridized carbons (Fsp3) is 0.200. The molecule has 0 fully saturated rings. The lowest BCUT2D eigenvalue weighted by molar-refractivity contribution is 0.0691. The molecule has 0 aliphatic carbocycles. The van der Waals surface area contributed by atoms with Crippen LogP contribution in [0.25, 0.3) is 10.6 Å². The number of nitrogens with zero attached hydrogens (tertiary/aromatic N) is 1. The molecule has 104 valence electrons. The maximum Gasteiger partial charge on any atom is 0.355 e. The zero-order valence-corrected chi connectivity index (χ0v) is 12.8. The van der Waals surface area contributed by atoms with Gasteiger partial charge in [0, 0.05) is 22.4 Å². The van der Waals surface area contributed by atoms with Crippen LogP contribution in [0.1, 0.15) is 23.0 Å². The zero-order chi connectivity index (χ0) is 14.5. The van der Waals surface area contributed by atoms with Gasteiger partial charge in [0.25, 0.3) is 0 Å².